The zero-order valence-corrected chi connectivity index (χ0v) is 16.1. The number of rotatable bonds is 8. The Bertz CT molecular complexity index is 748. The smallest absolute Gasteiger partial charge is 0.234 e. The van der Waals surface area contributed by atoms with Crippen molar-refractivity contribution in [3.05, 3.63) is 59.7 Å². The molecular weight excluding hydrogens is 340 g/mol. The van der Waals surface area contributed by atoms with Gasteiger partial charge < -0.3 is 14.8 Å². The molecule has 1 heterocycles. The number of nitrogens with one attached hydrogen (secondary N) is 1. The number of ether oxygens (including phenoxy) is 2. The molecule has 0 aliphatic carbocycles. The third-order valence-electron chi connectivity index (χ3n) is 5.08. The Morgan fingerprint density at radius 2 is 1.96 bits per heavy atom. The number of nitrogens with zero attached hydrogens (tertiary/aromatic N) is 1. The van der Waals surface area contributed by atoms with Crippen molar-refractivity contribution in [1.82, 2.24) is 10.2 Å². The number of hydrogen-bond acceptors (Lipinski definition) is 4. The maximum atomic E-state index is 12.4. The van der Waals surface area contributed by atoms with Gasteiger partial charge in [0.15, 0.2) is 0 Å². The van der Waals surface area contributed by atoms with E-state index in [0.717, 1.165) is 42.9 Å². The van der Waals surface area contributed by atoms with Crippen LogP contribution in [0.3, 0.4) is 0 Å². The van der Waals surface area contributed by atoms with Crippen LogP contribution >= 0.6 is 0 Å². The highest BCUT2D eigenvalue weighted by atomic mass is 16.5. The largest absolute Gasteiger partial charge is 0.497 e. The number of carbonyl (C=O) groups excluding carboxylic acids is 1. The fraction of sp³-hybridized carbons (Fsp3) is 0.409. The zero-order valence-electron chi connectivity index (χ0n) is 16.1. The predicted molar refractivity (Wildman–Crippen MR) is 106 cm³/mol. The second kappa shape index (κ2) is 9.42. The first-order chi connectivity index (χ1) is 13.2. The van der Waals surface area contributed by atoms with Gasteiger partial charge in [-0.25, -0.2) is 0 Å². The monoisotopic (exact) mass is 368 g/mol. The van der Waals surface area contributed by atoms with E-state index >= 15 is 0 Å². The lowest BCUT2D eigenvalue weighted by molar-refractivity contribution is -0.122. The van der Waals surface area contributed by atoms with Crippen LogP contribution in [0, 0.1) is 0 Å². The number of likely N-dealkylation sites (tertiary alicyclic amines) is 1. The molecule has 0 bridgehead atoms. The van der Waals surface area contributed by atoms with Gasteiger partial charge >= 0.3 is 0 Å². The third-order valence-corrected chi connectivity index (χ3v) is 5.08. The average Bonchev–Trinajstić information content (AvgIpc) is 3.16. The molecule has 144 valence electrons. The summed E-state index contributed by atoms with van der Waals surface area (Å²) in [5.41, 5.74) is 2.32. The van der Waals surface area contributed by atoms with Crippen LogP contribution in [0.2, 0.25) is 0 Å². The highest BCUT2D eigenvalue weighted by molar-refractivity contribution is 5.78. The summed E-state index contributed by atoms with van der Waals surface area (Å²) in [5.74, 6) is 1.72. The topological polar surface area (TPSA) is 50.8 Å². The lowest BCUT2D eigenvalue weighted by Crippen LogP contribution is -2.37. The molecule has 3 rings (SSSR count). The quantitative estimate of drug-likeness (QED) is 0.777. The molecule has 1 fully saturated rings. The minimum absolute atomic E-state index is 0.0692. The molecule has 1 aliphatic rings. The van der Waals surface area contributed by atoms with Crippen molar-refractivity contribution in [2.45, 2.75) is 25.3 Å². The van der Waals surface area contributed by atoms with Gasteiger partial charge in [-0.3, -0.25) is 9.69 Å². The Morgan fingerprint density at radius 1 is 1.15 bits per heavy atom. The maximum Gasteiger partial charge on any atom is 0.234 e. The Labute approximate surface area is 161 Å². The van der Waals surface area contributed by atoms with E-state index in [4.69, 9.17) is 9.47 Å². The Kier molecular flexibility index (Phi) is 6.71. The van der Waals surface area contributed by atoms with E-state index in [9.17, 15) is 4.79 Å². The van der Waals surface area contributed by atoms with Gasteiger partial charge in [-0.1, -0.05) is 30.3 Å². The van der Waals surface area contributed by atoms with Crippen LogP contribution in [0.15, 0.2) is 48.5 Å². The lowest BCUT2D eigenvalue weighted by Gasteiger charge is -2.26. The van der Waals surface area contributed by atoms with Crippen LogP contribution < -0.4 is 14.8 Å². The minimum Gasteiger partial charge on any atom is -0.497 e. The molecule has 1 amide bonds. The molecule has 5 heteroatoms. The summed E-state index contributed by atoms with van der Waals surface area (Å²) in [4.78, 5) is 14.7. The molecule has 5 nitrogen and oxygen atoms in total. The second-order valence-corrected chi connectivity index (χ2v) is 6.82. The number of carbonyl (C=O) groups is 1. The third kappa shape index (κ3) is 5.01. The number of methoxy groups -OCH3 is 2. The van der Waals surface area contributed by atoms with Gasteiger partial charge in [-0.15, -0.1) is 0 Å². The molecule has 1 saturated heterocycles. The summed E-state index contributed by atoms with van der Waals surface area (Å²) in [6.07, 6.45) is 2.93. The average molecular weight is 368 g/mol. The van der Waals surface area contributed by atoms with Gasteiger partial charge in [-0.05, 0) is 49.6 Å². The van der Waals surface area contributed by atoms with E-state index in [0.29, 0.717) is 13.1 Å². The highest BCUT2D eigenvalue weighted by Gasteiger charge is 2.30. The Morgan fingerprint density at radius 3 is 2.70 bits per heavy atom. The normalized spacial score (nSPS) is 16.9. The molecule has 27 heavy (non-hydrogen) atoms. The molecule has 0 aromatic heterocycles. The summed E-state index contributed by atoms with van der Waals surface area (Å²) in [7, 11) is 3.35. The molecular formula is C22H28N2O3. The second-order valence-electron chi connectivity index (χ2n) is 6.82. The van der Waals surface area contributed by atoms with Crippen LogP contribution in [-0.4, -0.2) is 44.7 Å². The number of amides is 1. The number of benzene rings is 2. The van der Waals surface area contributed by atoms with Crippen molar-refractivity contribution in [2.24, 2.45) is 0 Å². The van der Waals surface area contributed by atoms with Crippen LogP contribution in [0.25, 0.3) is 0 Å². The molecule has 0 radical (unpaired) electrons. The summed E-state index contributed by atoms with van der Waals surface area (Å²) >= 11 is 0. The van der Waals surface area contributed by atoms with Crippen LogP contribution in [-0.2, 0) is 11.2 Å². The summed E-state index contributed by atoms with van der Waals surface area (Å²) < 4.78 is 10.9. The first kappa shape index (κ1) is 19.2. The fourth-order valence-electron chi connectivity index (χ4n) is 3.70. The van der Waals surface area contributed by atoms with E-state index in [1.165, 1.54) is 5.56 Å². The van der Waals surface area contributed by atoms with Crippen molar-refractivity contribution in [1.29, 1.82) is 0 Å². The van der Waals surface area contributed by atoms with Gasteiger partial charge in [0.05, 0.1) is 20.8 Å². The van der Waals surface area contributed by atoms with Crippen molar-refractivity contribution >= 4 is 5.91 Å². The minimum atomic E-state index is 0.0692. The standard InChI is InChI=1S/C22H28N2O3/c1-26-18-10-11-21(27-2)19(15-18)20-9-6-14-24(20)16-22(25)23-13-12-17-7-4-3-5-8-17/h3-5,7-8,10-11,15,20H,6,9,12-14,16H2,1-2H3,(H,23,25)/t20-/m0/s1. The van der Waals surface area contributed by atoms with E-state index in [1.54, 1.807) is 14.2 Å². The van der Waals surface area contributed by atoms with E-state index in [2.05, 4.69) is 22.3 Å². The molecule has 0 spiro atoms. The molecule has 0 saturated carbocycles. The van der Waals surface area contributed by atoms with Gasteiger partial charge in [-0.2, -0.15) is 0 Å². The number of hydrogen-bond donors (Lipinski definition) is 1. The summed E-state index contributed by atoms with van der Waals surface area (Å²) in [6.45, 7) is 1.97. The lowest BCUT2D eigenvalue weighted by atomic mass is 10.0. The van der Waals surface area contributed by atoms with Gasteiger partial charge in [0.2, 0.25) is 5.91 Å². The highest BCUT2D eigenvalue weighted by Crippen LogP contribution is 2.38. The first-order valence-corrected chi connectivity index (χ1v) is 9.48. The van der Waals surface area contributed by atoms with Crippen molar-refractivity contribution in [3.63, 3.8) is 0 Å². The molecule has 1 aliphatic heterocycles. The molecule has 2 aromatic carbocycles. The maximum absolute atomic E-state index is 12.4. The van der Waals surface area contributed by atoms with E-state index < -0.39 is 0 Å². The van der Waals surface area contributed by atoms with Crippen molar-refractivity contribution in [2.75, 3.05) is 33.9 Å². The van der Waals surface area contributed by atoms with Gasteiger partial charge in [0.25, 0.3) is 0 Å². The van der Waals surface area contributed by atoms with Crippen LogP contribution in [0.5, 0.6) is 11.5 Å². The Hall–Kier alpha value is -2.53. The Balaban J connectivity index is 1.59. The fourth-order valence-corrected chi connectivity index (χ4v) is 3.70. The van der Waals surface area contributed by atoms with Gasteiger partial charge in [0.1, 0.15) is 11.5 Å². The molecule has 1 N–H and O–H groups in total. The van der Waals surface area contributed by atoms with Crippen LogP contribution in [0.4, 0.5) is 0 Å². The molecule has 0 unspecified atom stereocenters. The summed E-state index contributed by atoms with van der Waals surface area (Å²) in [5, 5.41) is 3.04. The molecule has 1 atom stereocenters. The van der Waals surface area contributed by atoms with Gasteiger partial charge in [0, 0.05) is 18.2 Å². The van der Waals surface area contributed by atoms with Crippen LogP contribution in [0.1, 0.15) is 30.0 Å². The van der Waals surface area contributed by atoms with Crippen molar-refractivity contribution in [3.8, 4) is 11.5 Å². The predicted octanol–water partition coefficient (Wildman–Crippen LogP) is 3.20. The molecule has 2 aromatic rings. The first-order valence-electron chi connectivity index (χ1n) is 9.48. The van der Waals surface area contributed by atoms with Crippen molar-refractivity contribution < 1.29 is 14.3 Å². The zero-order chi connectivity index (χ0) is 19.1. The SMILES string of the molecule is COc1ccc(OC)c([C@@H]2CCCN2CC(=O)NCCc2ccccc2)c1. The summed E-state index contributed by atoms with van der Waals surface area (Å²) in [6, 6.07) is 16.2. The van der Waals surface area contributed by atoms with E-state index in [1.807, 2.05) is 36.4 Å². The van der Waals surface area contributed by atoms with E-state index in [-0.39, 0.29) is 11.9 Å².